The number of amides is 1. The van der Waals surface area contributed by atoms with Gasteiger partial charge in [0, 0.05) is 19.4 Å². The quantitative estimate of drug-likeness (QED) is 0.926. The lowest BCUT2D eigenvalue weighted by Crippen LogP contribution is -2.37. The Kier molecular flexibility index (Phi) is 4.48. The Morgan fingerprint density at radius 2 is 1.70 bits per heavy atom. The molecule has 2 rings (SSSR count). The largest absolute Gasteiger partial charge is 0.337 e. The average molecular weight is 269 g/mol. The molecule has 0 radical (unpaired) electrons. The highest BCUT2D eigenvalue weighted by Gasteiger charge is 2.23. The van der Waals surface area contributed by atoms with E-state index in [1.54, 1.807) is 24.3 Å². The molecule has 2 N–H and O–H groups in total. The van der Waals surface area contributed by atoms with Gasteiger partial charge in [-0.25, -0.2) is 0 Å². The van der Waals surface area contributed by atoms with Gasteiger partial charge in [0.2, 0.25) is 5.91 Å². The smallest absolute Gasteiger partial charge is 0.244 e. The average Bonchev–Trinajstić information content (AvgIpc) is 2.53. The van der Waals surface area contributed by atoms with E-state index in [0.717, 1.165) is 11.1 Å². The predicted octanol–water partition coefficient (Wildman–Crippen LogP) is 2.30. The number of aromatic nitrogens is 1. The Hall–Kier alpha value is -2.20. The third-order valence-corrected chi connectivity index (χ3v) is 3.54. The van der Waals surface area contributed by atoms with Crippen molar-refractivity contribution in [1.82, 2.24) is 9.88 Å². The minimum Gasteiger partial charge on any atom is -0.337 e. The summed E-state index contributed by atoms with van der Waals surface area (Å²) in [6.07, 6.45) is 3.45. The van der Waals surface area contributed by atoms with E-state index in [-0.39, 0.29) is 11.9 Å². The molecule has 20 heavy (non-hydrogen) atoms. The number of nitrogens with zero attached hydrogens (tertiary/aromatic N) is 2. The van der Waals surface area contributed by atoms with Gasteiger partial charge in [-0.15, -0.1) is 0 Å². The lowest BCUT2D eigenvalue weighted by Gasteiger charge is -2.28. The highest BCUT2D eigenvalue weighted by atomic mass is 16.2. The molecule has 4 heteroatoms. The normalized spacial score (nSPS) is 13.6. The van der Waals surface area contributed by atoms with Gasteiger partial charge in [0.25, 0.3) is 0 Å². The highest BCUT2D eigenvalue weighted by Crippen LogP contribution is 2.21. The van der Waals surface area contributed by atoms with Gasteiger partial charge in [-0.2, -0.15) is 0 Å². The van der Waals surface area contributed by atoms with Crippen molar-refractivity contribution in [2.75, 3.05) is 7.05 Å². The molecule has 104 valence electrons. The molecule has 0 fully saturated rings. The number of hydrogen-bond donors (Lipinski definition) is 1. The Morgan fingerprint density at radius 3 is 2.30 bits per heavy atom. The summed E-state index contributed by atoms with van der Waals surface area (Å²) in [5, 5.41) is 0. The van der Waals surface area contributed by atoms with E-state index in [2.05, 4.69) is 4.98 Å². The first-order valence-electron chi connectivity index (χ1n) is 6.58. The Balaban J connectivity index is 2.13. The summed E-state index contributed by atoms with van der Waals surface area (Å²) in [5.41, 5.74) is 7.92. The van der Waals surface area contributed by atoms with Crippen LogP contribution in [-0.2, 0) is 4.79 Å². The van der Waals surface area contributed by atoms with Gasteiger partial charge >= 0.3 is 0 Å². The number of carbonyl (C=O) groups is 1. The van der Waals surface area contributed by atoms with Crippen LogP contribution in [0.5, 0.6) is 0 Å². The lowest BCUT2D eigenvalue weighted by atomic mass is 10.0. The summed E-state index contributed by atoms with van der Waals surface area (Å²) in [5.74, 6) is -0.0967. The van der Waals surface area contributed by atoms with Crippen molar-refractivity contribution >= 4 is 5.91 Å². The summed E-state index contributed by atoms with van der Waals surface area (Å²) in [7, 11) is 1.77. The molecule has 2 aromatic rings. The van der Waals surface area contributed by atoms with Crippen molar-refractivity contribution in [1.29, 1.82) is 0 Å². The maximum Gasteiger partial charge on any atom is 0.244 e. The molecule has 1 heterocycles. The van der Waals surface area contributed by atoms with Crippen LogP contribution in [0.3, 0.4) is 0 Å². The first kappa shape index (κ1) is 14.2. The first-order chi connectivity index (χ1) is 9.61. The monoisotopic (exact) mass is 269 g/mol. The van der Waals surface area contributed by atoms with Crippen molar-refractivity contribution in [2.24, 2.45) is 5.73 Å². The van der Waals surface area contributed by atoms with Gasteiger partial charge in [-0.1, -0.05) is 30.3 Å². The molecule has 0 saturated heterocycles. The van der Waals surface area contributed by atoms with E-state index in [0.29, 0.717) is 0 Å². The summed E-state index contributed by atoms with van der Waals surface area (Å²) in [6, 6.07) is 12.5. The van der Waals surface area contributed by atoms with Crippen molar-refractivity contribution < 1.29 is 4.79 Å². The van der Waals surface area contributed by atoms with Crippen LogP contribution in [-0.4, -0.2) is 22.8 Å². The minimum absolute atomic E-state index is 0.0414. The van der Waals surface area contributed by atoms with E-state index in [4.69, 9.17) is 5.73 Å². The Labute approximate surface area is 119 Å². The molecule has 0 aliphatic carbocycles. The van der Waals surface area contributed by atoms with Crippen molar-refractivity contribution in [3.8, 4) is 0 Å². The molecule has 0 bridgehead atoms. The van der Waals surface area contributed by atoms with Crippen molar-refractivity contribution in [2.45, 2.75) is 19.0 Å². The molecule has 1 aromatic carbocycles. The summed E-state index contributed by atoms with van der Waals surface area (Å²) in [4.78, 5) is 18.1. The second-order valence-corrected chi connectivity index (χ2v) is 4.79. The van der Waals surface area contributed by atoms with Crippen LogP contribution in [0.1, 0.15) is 30.1 Å². The SMILES string of the molecule is CC(c1ccncc1)N(C)C(=O)[C@@H](N)c1ccccc1. The Bertz CT molecular complexity index is 556. The van der Waals surface area contributed by atoms with Gasteiger partial charge < -0.3 is 10.6 Å². The fourth-order valence-corrected chi connectivity index (χ4v) is 2.08. The second-order valence-electron chi connectivity index (χ2n) is 4.79. The van der Waals surface area contributed by atoms with E-state index in [1.807, 2.05) is 49.4 Å². The minimum atomic E-state index is -0.634. The van der Waals surface area contributed by atoms with E-state index in [1.165, 1.54) is 0 Å². The molecule has 4 nitrogen and oxygen atoms in total. The number of pyridine rings is 1. The molecule has 2 atom stereocenters. The van der Waals surface area contributed by atoms with E-state index in [9.17, 15) is 4.79 Å². The second kappa shape index (κ2) is 6.30. The zero-order chi connectivity index (χ0) is 14.5. The zero-order valence-corrected chi connectivity index (χ0v) is 11.7. The topological polar surface area (TPSA) is 59.2 Å². The van der Waals surface area contributed by atoms with Crippen LogP contribution in [0.25, 0.3) is 0 Å². The summed E-state index contributed by atoms with van der Waals surface area (Å²) < 4.78 is 0. The highest BCUT2D eigenvalue weighted by molar-refractivity contribution is 5.83. The van der Waals surface area contributed by atoms with Crippen molar-refractivity contribution in [3.05, 3.63) is 66.0 Å². The molecule has 0 aliphatic heterocycles. The predicted molar refractivity (Wildman–Crippen MR) is 78.8 cm³/mol. The van der Waals surface area contributed by atoms with Gasteiger partial charge in [-0.3, -0.25) is 9.78 Å². The molecule has 1 aromatic heterocycles. The fraction of sp³-hybridized carbons (Fsp3) is 0.250. The maximum absolute atomic E-state index is 12.4. The van der Waals surface area contributed by atoms with Gasteiger partial charge in [0.1, 0.15) is 6.04 Å². The molecular formula is C16H19N3O. The van der Waals surface area contributed by atoms with E-state index >= 15 is 0 Å². The fourth-order valence-electron chi connectivity index (χ4n) is 2.08. The van der Waals surface area contributed by atoms with E-state index < -0.39 is 6.04 Å². The molecule has 0 aliphatic rings. The van der Waals surface area contributed by atoms with Gasteiger partial charge in [0.05, 0.1) is 6.04 Å². The first-order valence-corrected chi connectivity index (χ1v) is 6.58. The third-order valence-electron chi connectivity index (χ3n) is 3.54. The molecule has 1 amide bonds. The van der Waals surface area contributed by atoms with Crippen LogP contribution in [0.2, 0.25) is 0 Å². The Morgan fingerprint density at radius 1 is 1.10 bits per heavy atom. The maximum atomic E-state index is 12.4. The molecule has 0 spiro atoms. The third kappa shape index (κ3) is 3.03. The van der Waals surface area contributed by atoms with Crippen LogP contribution in [0.4, 0.5) is 0 Å². The summed E-state index contributed by atoms with van der Waals surface area (Å²) >= 11 is 0. The van der Waals surface area contributed by atoms with Crippen LogP contribution in [0.15, 0.2) is 54.9 Å². The number of likely N-dealkylation sites (N-methyl/N-ethyl adjacent to an activating group) is 1. The number of hydrogen-bond acceptors (Lipinski definition) is 3. The summed E-state index contributed by atoms with van der Waals surface area (Å²) in [6.45, 7) is 1.98. The molecule has 0 saturated carbocycles. The standard InChI is InChI=1S/C16H19N3O/c1-12(13-8-10-18-11-9-13)19(2)16(20)15(17)14-6-4-3-5-7-14/h3-12,15H,17H2,1-2H3/t12?,15-/m0/s1. The number of nitrogens with two attached hydrogens (primary N) is 1. The van der Waals surface area contributed by atoms with Crippen LogP contribution >= 0.6 is 0 Å². The number of rotatable bonds is 4. The number of carbonyl (C=O) groups excluding carboxylic acids is 1. The lowest BCUT2D eigenvalue weighted by molar-refractivity contribution is -0.133. The van der Waals surface area contributed by atoms with Crippen LogP contribution in [0, 0.1) is 0 Å². The number of benzene rings is 1. The van der Waals surface area contributed by atoms with Crippen molar-refractivity contribution in [3.63, 3.8) is 0 Å². The zero-order valence-electron chi connectivity index (χ0n) is 11.7. The molecular weight excluding hydrogens is 250 g/mol. The van der Waals surface area contributed by atoms with Crippen LogP contribution < -0.4 is 5.73 Å². The van der Waals surface area contributed by atoms with Gasteiger partial charge in [-0.05, 0) is 30.2 Å². The van der Waals surface area contributed by atoms with Gasteiger partial charge in [0.15, 0.2) is 0 Å². The molecule has 1 unspecified atom stereocenters.